The smallest absolute Gasteiger partial charge is 0.330 e. The highest BCUT2D eigenvalue weighted by Gasteiger charge is 2.40. The van der Waals surface area contributed by atoms with Gasteiger partial charge in [0.1, 0.15) is 12.4 Å². The van der Waals surface area contributed by atoms with Crippen LogP contribution in [0.3, 0.4) is 0 Å². The van der Waals surface area contributed by atoms with Crippen LogP contribution in [0.2, 0.25) is 0 Å². The van der Waals surface area contributed by atoms with Gasteiger partial charge in [-0.15, -0.1) is 0 Å². The van der Waals surface area contributed by atoms with Gasteiger partial charge in [0.15, 0.2) is 0 Å². The summed E-state index contributed by atoms with van der Waals surface area (Å²) in [5.41, 5.74) is 6.75. The Labute approximate surface area is 292 Å². The van der Waals surface area contributed by atoms with Gasteiger partial charge in [-0.25, -0.2) is 9.78 Å². The van der Waals surface area contributed by atoms with Gasteiger partial charge in [-0.05, 0) is 78.6 Å². The number of likely N-dealkylation sites (N-methyl/N-ethyl adjacent to an activating group) is 1. The molecule has 258 valence electrons. The van der Waals surface area contributed by atoms with Crippen LogP contribution in [0.4, 0.5) is 0 Å². The Morgan fingerprint density at radius 3 is 2.46 bits per heavy atom. The molecule has 0 saturated heterocycles. The van der Waals surface area contributed by atoms with Crippen LogP contribution >= 0.6 is 0 Å². The summed E-state index contributed by atoms with van der Waals surface area (Å²) in [5.74, 6) is 0.549. The lowest BCUT2D eigenvalue weighted by molar-refractivity contribution is -0.134. The fourth-order valence-electron chi connectivity index (χ4n) is 7.95. The third-order valence-corrected chi connectivity index (χ3v) is 10.6. The predicted octanol–water partition coefficient (Wildman–Crippen LogP) is 7.71. The number of aromatic nitrogens is 3. The Morgan fingerprint density at radius 2 is 1.74 bits per heavy atom. The second-order valence-electron chi connectivity index (χ2n) is 14.0. The van der Waals surface area contributed by atoms with Crippen molar-refractivity contribution in [1.29, 1.82) is 0 Å². The summed E-state index contributed by atoms with van der Waals surface area (Å²) >= 11 is 0. The lowest BCUT2D eigenvalue weighted by Gasteiger charge is -2.28. The summed E-state index contributed by atoms with van der Waals surface area (Å²) in [6, 6.07) is 22.2. The van der Waals surface area contributed by atoms with E-state index in [4.69, 9.17) is 9.72 Å². The summed E-state index contributed by atoms with van der Waals surface area (Å²) in [6.07, 6.45) is 12.5. The molecule has 2 aromatic heterocycles. The number of nitrogens with zero attached hydrogens (tertiary/aromatic N) is 3. The Balaban J connectivity index is 1.28. The van der Waals surface area contributed by atoms with Crippen molar-refractivity contribution in [2.75, 3.05) is 21.2 Å². The monoisotopic (exact) mass is 671 g/mol. The third kappa shape index (κ3) is 6.44. The van der Waals surface area contributed by atoms with Crippen LogP contribution in [0.15, 0.2) is 72.8 Å². The van der Waals surface area contributed by atoms with Crippen LogP contribution in [0.5, 0.6) is 0 Å². The summed E-state index contributed by atoms with van der Waals surface area (Å²) in [4.78, 5) is 49.3. The number of hydrogen-bond acceptors (Lipinski definition) is 5. The average molecular weight is 672 g/mol. The number of H-pyrrole nitrogens is 1. The van der Waals surface area contributed by atoms with E-state index in [1.54, 1.807) is 25.1 Å². The van der Waals surface area contributed by atoms with Gasteiger partial charge in [0.25, 0.3) is 5.91 Å². The van der Waals surface area contributed by atoms with Crippen molar-refractivity contribution in [3.63, 3.8) is 0 Å². The van der Waals surface area contributed by atoms with Crippen molar-refractivity contribution in [2.45, 2.75) is 75.8 Å². The zero-order valence-corrected chi connectivity index (χ0v) is 29.1. The van der Waals surface area contributed by atoms with E-state index in [1.807, 2.05) is 48.5 Å². The summed E-state index contributed by atoms with van der Waals surface area (Å²) in [5, 5.41) is 4.53. The molecule has 0 unspecified atom stereocenters. The van der Waals surface area contributed by atoms with Gasteiger partial charge in [-0.3, -0.25) is 9.59 Å². The minimum Gasteiger partial charge on any atom is -0.466 e. The summed E-state index contributed by atoms with van der Waals surface area (Å²) in [7, 11) is 4.93. The Morgan fingerprint density at radius 1 is 0.980 bits per heavy atom. The predicted molar refractivity (Wildman–Crippen MR) is 197 cm³/mol. The highest BCUT2D eigenvalue weighted by atomic mass is 16.5. The number of rotatable bonds is 9. The van der Waals surface area contributed by atoms with E-state index in [1.165, 1.54) is 38.0 Å². The quantitative estimate of drug-likeness (QED) is 0.123. The van der Waals surface area contributed by atoms with E-state index >= 15 is 0 Å². The Kier molecular flexibility index (Phi) is 9.31. The second-order valence-corrected chi connectivity index (χ2v) is 14.0. The largest absolute Gasteiger partial charge is 0.466 e. The summed E-state index contributed by atoms with van der Waals surface area (Å²) < 4.78 is 6.87. The van der Waals surface area contributed by atoms with Crippen molar-refractivity contribution in [2.24, 2.45) is 0 Å². The van der Waals surface area contributed by atoms with E-state index in [-0.39, 0.29) is 18.4 Å². The first-order valence-electron chi connectivity index (χ1n) is 17.8. The molecule has 50 heavy (non-hydrogen) atoms. The van der Waals surface area contributed by atoms with Gasteiger partial charge >= 0.3 is 5.97 Å². The molecule has 3 aromatic carbocycles. The van der Waals surface area contributed by atoms with Crippen LogP contribution < -0.4 is 5.32 Å². The maximum absolute atomic E-state index is 14.3. The highest BCUT2D eigenvalue weighted by Crippen LogP contribution is 2.45. The molecule has 2 amide bonds. The SMILES string of the molecule is COC(=O)C=Cc1ccc2nc(C3(NC(=O)c4ccc5c(C6CCCCC6)c(-c6ccccc6)n(CC(=O)N(C)C)c5c4)CCCC3)[nH]c2c1. The molecule has 2 aliphatic rings. The molecule has 2 aliphatic carbocycles. The molecule has 5 aromatic rings. The molecule has 2 fully saturated rings. The number of hydrogen-bond donors (Lipinski definition) is 2. The van der Waals surface area contributed by atoms with Gasteiger partial charge in [-0.2, -0.15) is 0 Å². The molecule has 0 bridgehead atoms. The van der Waals surface area contributed by atoms with Crippen molar-refractivity contribution in [3.05, 3.63) is 95.3 Å². The Hall–Kier alpha value is -5.18. The minimum absolute atomic E-state index is 0.00266. The van der Waals surface area contributed by atoms with Gasteiger partial charge < -0.3 is 24.5 Å². The van der Waals surface area contributed by atoms with E-state index in [2.05, 4.69) is 33.1 Å². The normalized spacial score (nSPS) is 16.3. The molecular weight excluding hydrogens is 626 g/mol. The fraction of sp³-hybridized carbons (Fsp3) is 0.366. The Bertz CT molecular complexity index is 2080. The number of carbonyl (C=O) groups excluding carboxylic acids is 3. The van der Waals surface area contributed by atoms with E-state index in [9.17, 15) is 14.4 Å². The molecule has 9 nitrogen and oxygen atoms in total. The topological polar surface area (TPSA) is 109 Å². The van der Waals surface area contributed by atoms with E-state index in [0.717, 1.165) is 83.1 Å². The van der Waals surface area contributed by atoms with Gasteiger partial charge in [0.2, 0.25) is 5.91 Å². The summed E-state index contributed by atoms with van der Waals surface area (Å²) in [6.45, 7) is 0.186. The number of ether oxygens (including phenoxy) is 1. The number of aromatic amines is 1. The molecule has 0 aliphatic heterocycles. The van der Waals surface area contributed by atoms with Gasteiger partial charge in [0.05, 0.1) is 34.9 Å². The standard InChI is InChI=1S/C41H45N5O4/c1-45(2)35(47)26-46-34-25-30(18-19-31(34)37(28-12-6-4-7-13-28)38(46)29-14-8-5-9-15-29)39(49)44-41(22-10-11-23-41)40-42-32-20-16-27(24-33(32)43-40)17-21-36(48)50-3/h5,8-9,14-21,24-25,28H,4,6-7,10-13,22-23,26H2,1-3H3,(H,42,43)(H,44,49). The van der Waals surface area contributed by atoms with Crippen molar-refractivity contribution < 1.29 is 19.1 Å². The van der Waals surface area contributed by atoms with E-state index < -0.39 is 11.5 Å². The van der Waals surface area contributed by atoms with Crippen LogP contribution in [0.25, 0.3) is 39.3 Å². The molecule has 0 atom stereocenters. The zero-order valence-electron chi connectivity index (χ0n) is 29.1. The number of methoxy groups -OCH3 is 1. The minimum atomic E-state index is -0.640. The fourth-order valence-corrected chi connectivity index (χ4v) is 7.95. The highest BCUT2D eigenvalue weighted by molar-refractivity contribution is 6.01. The molecular formula is C41H45N5O4. The zero-order chi connectivity index (χ0) is 34.8. The molecule has 7 rings (SSSR count). The first-order chi connectivity index (χ1) is 24.3. The van der Waals surface area contributed by atoms with Crippen molar-refractivity contribution >= 4 is 45.8 Å². The number of amides is 2. The number of esters is 1. The number of carbonyl (C=O) groups is 3. The average Bonchev–Trinajstić information content (AvgIpc) is 3.87. The number of benzene rings is 3. The second kappa shape index (κ2) is 14.0. The molecule has 9 heteroatoms. The van der Waals surface area contributed by atoms with Crippen molar-refractivity contribution in [1.82, 2.24) is 24.8 Å². The van der Waals surface area contributed by atoms with E-state index in [0.29, 0.717) is 11.5 Å². The first-order valence-corrected chi connectivity index (χ1v) is 17.8. The van der Waals surface area contributed by atoms with Crippen LogP contribution in [-0.4, -0.2) is 58.4 Å². The van der Waals surface area contributed by atoms with Crippen LogP contribution in [0, 0.1) is 0 Å². The maximum atomic E-state index is 14.3. The lowest BCUT2D eigenvalue weighted by atomic mass is 9.81. The van der Waals surface area contributed by atoms with Gasteiger partial charge in [-0.1, -0.05) is 74.6 Å². The first kappa shape index (κ1) is 33.3. The number of fused-ring (bicyclic) bond motifs is 2. The lowest BCUT2D eigenvalue weighted by Crippen LogP contribution is -2.44. The molecule has 2 heterocycles. The number of imidazole rings is 1. The molecule has 0 spiro atoms. The van der Waals surface area contributed by atoms with Crippen molar-refractivity contribution in [3.8, 4) is 11.3 Å². The van der Waals surface area contributed by atoms with Gasteiger partial charge in [0, 0.05) is 31.1 Å². The number of nitrogens with one attached hydrogen (secondary N) is 2. The molecule has 0 radical (unpaired) electrons. The van der Waals surface area contributed by atoms with Crippen LogP contribution in [-0.2, 0) is 26.4 Å². The molecule has 2 N–H and O–H groups in total. The maximum Gasteiger partial charge on any atom is 0.330 e. The molecule has 2 saturated carbocycles. The van der Waals surface area contributed by atoms with Crippen LogP contribution in [0.1, 0.15) is 91.0 Å². The third-order valence-electron chi connectivity index (χ3n) is 10.6.